The molecule has 1 fully saturated rings. The number of aliphatic hydroxyl groups is 1. The number of hydrogen-bond acceptors (Lipinski definition) is 6. The number of benzene rings is 2. The highest BCUT2D eigenvalue weighted by Crippen LogP contribution is 2.46. The molecule has 2 heterocycles. The van der Waals surface area contributed by atoms with Gasteiger partial charge >= 0.3 is 0 Å². The molecule has 2 N–H and O–H groups in total. The van der Waals surface area contributed by atoms with E-state index in [1.165, 1.54) is 18.1 Å². The Labute approximate surface area is 235 Å². The Balaban J connectivity index is 1.43. The third kappa shape index (κ3) is 4.96. The van der Waals surface area contributed by atoms with E-state index in [-0.39, 0.29) is 22.8 Å². The van der Waals surface area contributed by atoms with Gasteiger partial charge in [0.2, 0.25) is 10.0 Å². The molecule has 1 spiro atoms. The van der Waals surface area contributed by atoms with E-state index >= 15 is 0 Å². The lowest BCUT2D eigenvalue weighted by molar-refractivity contribution is 0.0177. The Bertz CT molecular complexity index is 1430. The van der Waals surface area contributed by atoms with Crippen molar-refractivity contribution in [3.63, 3.8) is 0 Å². The summed E-state index contributed by atoms with van der Waals surface area (Å²) in [6, 6.07) is 11.3. The average Bonchev–Trinajstić information content (AvgIpc) is 3.02. The maximum Gasteiger partial charge on any atom is 0.264 e. The predicted molar refractivity (Wildman–Crippen MR) is 152 cm³/mol. The van der Waals surface area contributed by atoms with Gasteiger partial charge < -0.3 is 14.7 Å². The molecule has 2 aliphatic heterocycles. The molecule has 0 saturated heterocycles. The predicted octanol–water partition coefficient (Wildman–Crippen LogP) is 4.61. The first-order valence-electron chi connectivity index (χ1n) is 13.9. The summed E-state index contributed by atoms with van der Waals surface area (Å²) < 4.78 is 34.4. The minimum Gasteiger partial charge on any atom is -0.490 e. The molecule has 2 aliphatic carbocycles. The van der Waals surface area contributed by atoms with Gasteiger partial charge in [-0.05, 0) is 98.7 Å². The van der Waals surface area contributed by atoms with Crippen molar-refractivity contribution in [2.24, 2.45) is 11.8 Å². The molecule has 0 unspecified atom stereocenters. The quantitative estimate of drug-likeness (QED) is 0.449. The molecule has 1 saturated carbocycles. The van der Waals surface area contributed by atoms with E-state index in [9.17, 15) is 18.3 Å². The Hall–Kier alpha value is -2.55. The second-order valence-corrected chi connectivity index (χ2v) is 14.2. The molecule has 7 nitrogen and oxygen atoms in total. The lowest BCUT2D eigenvalue weighted by atomic mass is 9.68. The topological polar surface area (TPSA) is 95.9 Å². The molecule has 2 aromatic rings. The number of ether oxygens (including phenoxy) is 1. The SMILES string of the molecule is C[C@@H]1/C=C/C[C@H](O)[C@@H]2CC[C@H]2CN2C[C@@]3(CCCc4cc(Cl)ccc43)COc3ccc(cc32)C(=O)NS1(=O)=O. The van der Waals surface area contributed by atoms with E-state index in [4.69, 9.17) is 16.3 Å². The Morgan fingerprint density at radius 3 is 2.82 bits per heavy atom. The van der Waals surface area contributed by atoms with Gasteiger partial charge in [-0.25, -0.2) is 13.1 Å². The highest BCUT2D eigenvalue weighted by atomic mass is 35.5. The fourth-order valence-corrected chi connectivity index (χ4v) is 7.91. The molecule has 208 valence electrons. The van der Waals surface area contributed by atoms with E-state index in [0.717, 1.165) is 49.4 Å². The van der Waals surface area contributed by atoms with E-state index in [0.29, 0.717) is 25.3 Å². The standard InChI is InChI=1S/C30H35ClN2O5S/c1-19-4-2-6-27(34)24-10-7-22(24)16-33-17-30(13-3-5-20-14-23(31)9-11-25(20)30)18-38-28-12-8-21(15-26(28)33)29(35)32-39(19,36)37/h2,4,8-9,11-12,14-15,19,22,24,27,34H,3,5-7,10,13,16-18H2,1H3,(H,32,35)/b4-2+/t19-,22+,24-,27+,30+/m1/s1. The van der Waals surface area contributed by atoms with E-state index < -0.39 is 27.3 Å². The summed E-state index contributed by atoms with van der Waals surface area (Å²) in [5, 5.41) is 10.8. The summed E-state index contributed by atoms with van der Waals surface area (Å²) in [5.41, 5.74) is 3.33. The number of fused-ring (bicyclic) bond motifs is 4. The highest BCUT2D eigenvalue weighted by molar-refractivity contribution is 7.90. The zero-order chi connectivity index (χ0) is 27.4. The number of halogens is 1. The first-order valence-corrected chi connectivity index (χ1v) is 15.8. The first-order chi connectivity index (χ1) is 18.6. The van der Waals surface area contributed by atoms with Gasteiger partial charge in [-0.15, -0.1) is 0 Å². The van der Waals surface area contributed by atoms with Crippen molar-refractivity contribution < 1.29 is 23.1 Å². The fraction of sp³-hybridized carbons (Fsp3) is 0.500. The number of rotatable bonds is 0. The number of aliphatic hydroxyl groups excluding tert-OH is 1. The van der Waals surface area contributed by atoms with Crippen LogP contribution in [0.3, 0.4) is 0 Å². The van der Waals surface area contributed by atoms with Crippen LogP contribution in [-0.4, -0.2) is 50.5 Å². The second kappa shape index (κ2) is 10.1. The number of aryl methyl sites for hydroxylation is 1. The lowest BCUT2D eigenvalue weighted by Gasteiger charge is -2.45. The minimum atomic E-state index is -3.93. The van der Waals surface area contributed by atoms with Gasteiger partial charge in [0.1, 0.15) is 5.75 Å². The van der Waals surface area contributed by atoms with Gasteiger partial charge in [0.15, 0.2) is 0 Å². The van der Waals surface area contributed by atoms with Crippen molar-refractivity contribution in [1.29, 1.82) is 0 Å². The number of carbonyl (C=O) groups is 1. The first kappa shape index (κ1) is 26.7. The van der Waals surface area contributed by atoms with Crippen LogP contribution in [0.5, 0.6) is 5.75 Å². The summed E-state index contributed by atoms with van der Waals surface area (Å²) in [6.45, 7) is 3.47. The third-order valence-corrected chi connectivity index (χ3v) is 11.1. The molecule has 39 heavy (non-hydrogen) atoms. The Morgan fingerprint density at radius 2 is 2.03 bits per heavy atom. The van der Waals surface area contributed by atoms with Crippen molar-refractivity contribution in [3.05, 3.63) is 70.3 Å². The number of sulfonamides is 1. The Kier molecular flexibility index (Phi) is 6.92. The molecule has 9 heteroatoms. The molecule has 0 radical (unpaired) electrons. The van der Waals surface area contributed by atoms with Crippen molar-refractivity contribution in [2.45, 2.75) is 62.2 Å². The average molecular weight is 571 g/mol. The molecule has 0 aromatic heterocycles. The zero-order valence-corrected chi connectivity index (χ0v) is 23.7. The van der Waals surface area contributed by atoms with Gasteiger partial charge in [0.05, 0.1) is 23.6 Å². The summed E-state index contributed by atoms with van der Waals surface area (Å²) in [6.07, 6.45) is 8.05. The molecule has 2 aromatic carbocycles. The molecule has 1 amide bonds. The number of nitrogens with zero attached hydrogens (tertiary/aromatic N) is 1. The van der Waals surface area contributed by atoms with E-state index in [1.807, 2.05) is 6.07 Å². The number of hydrogen-bond donors (Lipinski definition) is 2. The number of carbonyl (C=O) groups excluding carboxylic acids is 1. The number of anilines is 1. The highest BCUT2D eigenvalue weighted by Gasteiger charge is 2.44. The van der Waals surface area contributed by atoms with Gasteiger partial charge in [-0.3, -0.25) is 4.79 Å². The molecular weight excluding hydrogens is 536 g/mol. The summed E-state index contributed by atoms with van der Waals surface area (Å²) in [4.78, 5) is 15.4. The summed E-state index contributed by atoms with van der Waals surface area (Å²) >= 11 is 6.36. The molecule has 4 aliphatic rings. The Morgan fingerprint density at radius 1 is 1.18 bits per heavy atom. The normalized spacial score (nSPS) is 32.7. The number of amides is 1. The molecule has 2 bridgehead atoms. The van der Waals surface area contributed by atoms with Crippen LogP contribution in [-0.2, 0) is 21.9 Å². The van der Waals surface area contributed by atoms with Gasteiger partial charge in [0, 0.05) is 29.1 Å². The van der Waals surface area contributed by atoms with Crippen molar-refractivity contribution in [2.75, 3.05) is 24.6 Å². The van der Waals surface area contributed by atoms with Crippen molar-refractivity contribution in [1.82, 2.24) is 4.72 Å². The van der Waals surface area contributed by atoms with Gasteiger partial charge in [-0.2, -0.15) is 0 Å². The van der Waals surface area contributed by atoms with Crippen LogP contribution in [0.15, 0.2) is 48.6 Å². The third-order valence-electron chi connectivity index (χ3n) is 9.23. The van der Waals surface area contributed by atoms with Crippen LogP contribution in [0.2, 0.25) is 5.02 Å². The van der Waals surface area contributed by atoms with E-state index in [1.54, 1.807) is 30.4 Å². The minimum absolute atomic E-state index is 0.135. The van der Waals surface area contributed by atoms with Crippen LogP contribution in [0.4, 0.5) is 5.69 Å². The van der Waals surface area contributed by atoms with Crippen LogP contribution >= 0.6 is 11.6 Å². The lowest BCUT2D eigenvalue weighted by Crippen LogP contribution is -2.49. The zero-order valence-electron chi connectivity index (χ0n) is 22.1. The van der Waals surface area contributed by atoms with Gasteiger partial charge in [0.25, 0.3) is 5.91 Å². The van der Waals surface area contributed by atoms with Crippen LogP contribution in [0.1, 0.15) is 60.5 Å². The maximum atomic E-state index is 13.1. The monoisotopic (exact) mass is 570 g/mol. The fourth-order valence-electron chi connectivity index (χ4n) is 6.84. The number of nitrogens with one attached hydrogen (secondary N) is 1. The smallest absolute Gasteiger partial charge is 0.264 e. The summed E-state index contributed by atoms with van der Waals surface area (Å²) in [5.74, 6) is 0.443. The molecule has 6 rings (SSSR count). The van der Waals surface area contributed by atoms with E-state index in [2.05, 4.69) is 21.8 Å². The van der Waals surface area contributed by atoms with Crippen LogP contribution in [0.25, 0.3) is 0 Å². The van der Waals surface area contributed by atoms with Gasteiger partial charge in [-0.1, -0.05) is 29.8 Å². The second-order valence-electron chi connectivity index (χ2n) is 11.7. The largest absolute Gasteiger partial charge is 0.490 e. The van der Waals surface area contributed by atoms with Crippen molar-refractivity contribution >= 4 is 33.2 Å². The maximum absolute atomic E-state index is 13.1. The van der Waals surface area contributed by atoms with Crippen LogP contribution in [0, 0.1) is 11.8 Å². The van der Waals surface area contributed by atoms with Crippen molar-refractivity contribution in [3.8, 4) is 5.75 Å². The molecular formula is C30H35ClN2O5S. The van der Waals surface area contributed by atoms with Crippen LogP contribution < -0.4 is 14.4 Å². The summed E-state index contributed by atoms with van der Waals surface area (Å²) in [7, 11) is -3.93. The molecule has 5 atom stereocenters.